The normalized spacial score (nSPS) is 10.8. The molecule has 2 N–H and O–H groups in total. The average Bonchev–Trinajstić information content (AvgIpc) is 3.36. The summed E-state index contributed by atoms with van der Waals surface area (Å²) in [5.41, 5.74) is 0.801. The van der Waals surface area contributed by atoms with Gasteiger partial charge in [-0.1, -0.05) is 6.07 Å². The Morgan fingerprint density at radius 1 is 0.848 bits per heavy atom. The lowest BCUT2D eigenvalue weighted by molar-refractivity contribution is -0.113. The van der Waals surface area contributed by atoms with Gasteiger partial charge in [0.05, 0.1) is 34.1 Å². The second-order valence-corrected chi connectivity index (χ2v) is 7.60. The van der Waals surface area contributed by atoms with E-state index in [1.807, 2.05) is 17.5 Å². The zero-order valence-corrected chi connectivity index (χ0v) is 19.4. The van der Waals surface area contributed by atoms with Gasteiger partial charge in [-0.3, -0.25) is 9.59 Å². The van der Waals surface area contributed by atoms with Crippen LogP contribution in [0, 0.1) is 0 Å². The van der Waals surface area contributed by atoms with Gasteiger partial charge in [0.15, 0.2) is 11.5 Å². The Kier molecular flexibility index (Phi) is 7.93. The van der Waals surface area contributed by atoms with E-state index < -0.39 is 11.8 Å². The third-order valence-electron chi connectivity index (χ3n) is 4.63. The van der Waals surface area contributed by atoms with Crippen LogP contribution in [0.15, 0.2) is 59.6 Å². The highest BCUT2D eigenvalue weighted by molar-refractivity contribution is 7.10. The van der Waals surface area contributed by atoms with Crippen LogP contribution in [0.1, 0.15) is 15.2 Å². The van der Waals surface area contributed by atoms with Crippen molar-refractivity contribution in [1.82, 2.24) is 5.32 Å². The fourth-order valence-corrected chi connectivity index (χ4v) is 3.59. The number of ether oxygens (including phenoxy) is 4. The number of thiophene rings is 1. The van der Waals surface area contributed by atoms with Gasteiger partial charge >= 0.3 is 0 Å². The number of carbonyl (C=O) groups excluding carboxylic acids is 2. The third kappa shape index (κ3) is 5.83. The number of nitrogens with one attached hydrogen (secondary N) is 2. The number of hydrogen-bond donors (Lipinski definition) is 2. The number of carbonyl (C=O) groups is 2. The molecule has 1 aromatic heterocycles. The molecule has 0 spiro atoms. The Morgan fingerprint density at radius 3 is 2.24 bits per heavy atom. The quantitative estimate of drug-likeness (QED) is 0.457. The van der Waals surface area contributed by atoms with E-state index in [2.05, 4.69) is 10.6 Å². The molecule has 0 aliphatic rings. The Morgan fingerprint density at radius 2 is 1.61 bits per heavy atom. The first kappa shape index (κ1) is 23.7. The van der Waals surface area contributed by atoms with E-state index in [0.717, 1.165) is 4.88 Å². The first-order valence-electron chi connectivity index (χ1n) is 9.81. The smallest absolute Gasteiger partial charge is 0.272 e. The highest BCUT2D eigenvalue weighted by atomic mass is 32.1. The molecular formula is C24H24N2O6S. The third-order valence-corrected chi connectivity index (χ3v) is 5.44. The van der Waals surface area contributed by atoms with Gasteiger partial charge in [0.25, 0.3) is 11.8 Å². The summed E-state index contributed by atoms with van der Waals surface area (Å²) in [4.78, 5) is 26.9. The van der Waals surface area contributed by atoms with Crippen LogP contribution in [0.3, 0.4) is 0 Å². The molecule has 0 unspecified atom stereocenters. The molecule has 0 bridgehead atoms. The van der Waals surface area contributed by atoms with E-state index in [1.165, 1.54) is 32.7 Å². The van der Waals surface area contributed by atoms with Crippen molar-refractivity contribution in [3.8, 4) is 23.0 Å². The highest BCUT2D eigenvalue weighted by Gasteiger charge is 2.18. The fourth-order valence-electron chi connectivity index (χ4n) is 2.94. The number of anilines is 1. The molecule has 33 heavy (non-hydrogen) atoms. The molecule has 8 nitrogen and oxygen atoms in total. The summed E-state index contributed by atoms with van der Waals surface area (Å²) in [5.74, 6) is 0.913. The SMILES string of the molecule is COc1ccc(NC(=O)/C(=C/c2cccs2)NC(=O)c2ccc(OC)c(OC)c2)c(OC)c1. The van der Waals surface area contributed by atoms with E-state index in [9.17, 15) is 9.59 Å². The molecule has 0 saturated heterocycles. The second-order valence-electron chi connectivity index (χ2n) is 6.62. The van der Waals surface area contributed by atoms with Crippen LogP contribution < -0.4 is 29.6 Å². The standard InChI is InChI=1S/C24H24N2O6S/c1-29-16-8-9-18(21(13-16)31-3)25-24(28)19(14-17-6-5-11-33-17)26-23(27)15-7-10-20(30-2)22(12-15)32-4/h5-14H,1-4H3,(H,25,28)(H,26,27)/b19-14-. The van der Waals surface area contributed by atoms with Crippen molar-refractivity contribution < 1.29 is 28.5 Å². The zero-order valence-electron chi connectivity index (χ0n) is 18.6. The lowest BCUT2D eigenvalue weighted by atomic mass is 10.1. The molecule has 172 valence electrons. The Bertz CT molecular complexity index is 1160. The maximum Gasteiger partial charge on any atom is 0.272 e. The summed E-state index contributed by atoms with van der Waals surface area (Å²) in [6.45, 7) is 0. The van der Waals surface area contributed by atoms with Crippen molar-refractivity contribution in [3.63, 3.8) is 0 Å². The van der Waals surface area contributed by atoms with Crippen LogP contribution in [-0.4, -0.2) is 40.3 Å². The van der Waals surface area contributed by atoms with Gasteiger partial charge in [-0.2, -0.15) is 0 Å². The molecule has 0 atom stereocenters. The van der Waals surface area contributed by atoms with Gasteiger partial charge in [0.1, 0.15) is 17.2 Å². The van der Waals surface area contributed by atoms with Gasteiger partial charge in [-0.15, -0.1) is 11.3 Å². The summed E-state index contributed by atoms with van der Waals surface area (Å²) in [5, 5.41) is 7.35. The summed E-state index contributed by atoms with van der Waals surface area (Å²) in [6.07, 6.45) is 1.61. The zero-order chi connectivity index (χ0) is 23.8. The first-order valence-corrected chi connectivity index (χ1v) is 10.7. The van der Waals surface area contributed by atoms with Gasteiger partial charge in [0.2, 0.25) is 0 Å². The van der Waals surface area contributed by atoms with Crippen LogP contribution in [0.2, 0.25) is 0 Å². The number of methoxy groups -OCH3 is 4. The number of rotatable bonds is 9. The van der Waals surface area contributed by atoms with Crippen molar-refractivity contribution in [3.05, 3.63) is 70.0 Å². The first-order chi connectivity index (χ1) is 16.0. The molecule has 2 aromatic carbocycles. The maximum atomic E-state index is 13.1. The largest absolute Gasteiger partial charge is 0.497 e. The molecule has 0 radical (unpaired) electrons. The van der Waals surface area contributed by atoms with Crippen molar-refractivity contribution in [2.45, 2.75) is 0 Å². The fraction of sp³-hybridized carbons (Fsp3) is 0.167. The van der Waals surface area contributed by atoms with Crippen molar-refractivity contribution in [2.75, 3.05) is 33.8 Å². The minimum absolute atomic E-state index is 0.0649. The molecular weight excluding hydrogens is 444 g/mol. The Hall–Kier alpha value is -3.98. The summed E-state index contributed by atoms with van der Waals surface area (Å²) in [7, 11) is 6.03. The lowest BCUT2D eigenvalue weighted by Crippen LogP contribution is -2.30. The molecule has 0 aliphatic heterocycles. The Balaban J connectivity index is 1.88. The van der Waals surface area contributed by atoms with Crippen LogP contribution in [-0.2, 0) is 4.79 Å². The van der Waals surface area contributed by atoms with Crippen LogP contribution >= 0.6 is 11.3 Å². The molecule has 9 heteroatoms. The predicted octanol–water partition coefficient (Wildman–Crippen LogP) is 4.19. The van der Waals surface area contributed by atoms with Gasteiger partial charge < -0.3 is 29.6 Å². The van der Waals surface area contributed by atoms with Crippen LogP contribution in [0.5, 0.6) is 23.0 Å². The second kappa shape index (κ2) is 11.1. The molecule has 0 fully saturated rings. The summed E-state index contributed by atoms with van der Waals surface area (Å²) < 4.78 is 21.0. The summed E-state index contributed by atoms with van der Waals surface area (Å²) >= 11 is 1.44. The topological polar surface area (TPSA) is 95.1 Å². The summed E-state index contributed by atoms with van der Waals surface area (Å²) in [6, 6.07) is 13.5. The molecule has 2 amide bonds. The van der Waals surface area contributed by atoms with Crippen LogP contribution in [0.25, 0.3) is 6.08 Å². The van der Waals surface area contributed by atoms with Crippen molar-refractivity contribution >= 4 is 34.9 Å². The van der Waals surface area contributed by atoms with Gasteiger partial charge in [0, 0.05) is 16.5 Å². The van der Waals surface area contributed by atoms with Gasteiger partial charge in [-0.25, -0.2) is 0 Å². The average molecular weight is 469 g/mol. The van der Waals surface area contributed by atoms with E-state index in [4.69, 9.17) is 18.9 Å². The molecule has 3 aromatic rings. The van der Waals surface area contributed by atoms with Gasteiger partial charge in [-0.05, 0) is 47.9 Å². The minimum atomic E-state index is -0.513. The predicted molar refractivity (Wildman–Crippen MR) is 127 cm³/mol. The lowest BCUT2D eigenvalue weighted by Gasteiger charge is -2.14. The van der Waals surface area contributed by atoms with E-state index >= 15 is 0 Å². The van der Waals surface area contributed by atoms with E-state index in [-0.39, 0.29) is 5.70 Å². The monoisotopic (exact) mass is 468 g/mol. The minimum Gasteiger partial charge on any atom is -0.497 e. The maximum absolute atomic E-state index is 13.1. The highest BCUT2D eigenvalue weighted by Crippen LogP contribution is 2.30. The van der Waals surface area contributed by atoms with Crippen molar-refractivity contribution in [2.24, 2.45) is 0 Å². The molecule has 0 saturated carbocycles. The number of benzene rings is 2. The van der Waals surface area contributed by atoms with Crippen LogP contribution in [0.4, 0.5) is 5.69 Å². The molecule has 3 rings (SSSR count). The number of hydrogen-bond acceptors (Lipinski definition) is 7. The number of amides is 2. The van der Waals surface area contributed by atoms with E-state index in [1.54, 1.807) is 49.6 Å². The molecule has 1 heterocycles. The molecule has 0 aliphatic carbocycles. The van der Waals surface area contributed by atoms with E-state index in [0.29, 0.717) is 34.2 Å². The van der Waals surface area contributed by atoms with Crippen molar-refractivity contribution in [1.29, 1.82) is 0 Å². The Labute approximate surface area is 195 Å².